The first-order valence-electron chi connectivity index (χ1n) is 10.3. The molecule has 2 aliphatic heterocycles. The molecule has 0 saturated carbocycles. The fraction of sp³-hybridized carbons (Fsp3) is 0.750. The Balaban J connectivity index is 1.79. The minimum absolute atomic E-state index is 0.0650. The Bertz CT molecular complexity index is 797. The summed E-state index contributed by atoms with van der Waals surface area (Å²) in [7, 11) is 1.46. The number of hydrogen-bond acceptors (Lipinski definition) is 13. The molecular weight excluding hydrogens is 446 g/mol. The van der Waals surface area contributed by atoms with E-state index in [0.717, 1.165) is 0 Å². The van der Waals surface area contributed by atoms with Crippen LogP contribution in [0.5, 0.6) is 5.75 Å². The van der Waals surface area contributed by atoms with Gasteiger partial charge >= 0.3 is 0 Å². The van der Waals surface area contributed by atoms with E-state index in [4.69, 9.17) is 23.7 Å². The van der Waals surface area contributed by atoms with Crippen molar-refractivity contribution in [2.24, 2.45) is 0 Å². The average Bonchev–Trinajstić information content (AvgIpc) is 3.09. The van der Waals surface area contributed by atoms with Crippen LogP contribution in [-0.2, 0) is 36.9 Å². The Morgan fingerprint density at radius 1 is 1.15 bits per heavy atom. The topological polar surface area (TPSA) is 201 Å². The van der Waals surface area contributed by atoms with Crippen LogP contribution < -0.4 is 0 Å². The van der Waals surface area contributed by atoms with E-state index in [1.54, 1.807) is 6.92 Å². The van der Waals surface area contributed by atoms with Crippen molar-refractivity contribution in [1.29, 1.82) is 0 Å². The molecular formula is C20H31NO12. The smallest absolute Gasteiger partial charge is 0.187 e. The zero-order valence-electron chi connectivity index (χ0n) is 18.3. The SMILES string of the molecule is COCc1c(CO[C@@H]2O[C@H](CO)[C@@H](O)[C@H](O)[C@H]2O[C@@H]2OC[C@](O)(CO)[C@H]2O)cnc(C)c1O. The molecule has 3 heterocycles. The maximum atomic E-state index is 10.6. The van der Waals surface area contributed by atoms with Gasteiger partial charge in [-0.2, -0.15) is 0 Å². The third kappa shape index (κ3) is 5.28. The summed E-state index contributed by atoms with van der Waals surface area (Å²) < 4.78 is 27.2. The number of aryl methyl sites for hydroxylation is 1. The highest BCUT2D eigenvalue weighted by Crippen LogP contribution is 2.32. The zero-order valence-corrected chi connectivity index (χ0v) is 18.3. The van der Waals surface area contributed by atoms with Crippen LogP contribution in [0.2, 0.25) is 0 Å². The molecule has 13 heteroatoms. The molecule has 188 valence electrons. The number of ether oxygens (including phenoxy) is 5. The molecule has 0 radical (unpaired) electrons. The number of methoxy groups -OCH3 is 1. The Hall–Kier alpha value is -1.49. The van der Waals surface area contributed by atoms with Crippen molar-refractivity contribution in [3.63, 3.8) is 0 Å². The highest BCUT2D eigenvalue weighted by atomic mass is 16.8. The monoisotopic (exact) mass is 477 g/mol. The van der Waals surface area contributed by atoms with Crippen LogP contribution in [0.25, 0.3) is 0 Å². The van der Waals surface area contributed by atoms with Crippen LogP contribution in [-0.4, -0.2) is 116 Å². The Labute approximate surface area is 189 Å². The molecule has 1 aromatic rings. The van der Waals surface area contributed by atoms with Gasteiger partial charge in [0.25, 0.3) is 0 Å². The normalized spacial score (nSPS) is 36.9. The van der Waals surface area contributed by atoms with Gasteiger partial charge in [0.15, 0.2) is 12.6 Å². The van der Waals surface area contributed by atoms with E-state index in [0.29, 0.717) is 16.8 Å². The Morgan fingerprint density at radius 2 is 1.88 bits per heavy atom. The number of aliphatic hydroxyl groups excluding tert-OH is 5. The fourth-order valence-corrected chi connectivity index (χ4v) is 3.69. The van der Waals surface area contributed by atoms with Gasteiger partial charge in [0, 0.05) is 24.4 Å². The minimum Gasteiger partial charge on any atom is -0.506 e. The molecule has 3 rings (SSSR count). The number of nitrogens with zero attached hydrogens (tertiary/aromatic N) is 1. The molecule has 0 aromatic carbocycles. The van der Waals surface area contributed by atoms with Crippen LogP contribution >= 0.6 is 0 Å². The largest absolute Gasteiger partial charge is 0.506 e. The summed E-state index contributed by atoms with van der Waals surface area (Å²) in [5.74, 6) is -0.0650. The van der Waals surface area contributed by atoms with Crippen LogP contribution in [0.3, 0.4) is 0 Å². The van der Waals surface area contributed by atoms with E-state index in [-0.39, 0.29) is 19.0 Å². The maximum Gasteiger partial charge on any atom is 0.187 e. The fourth-order valence-electron chi connectivity index (χ4n) is 3.69. The standard InChI is InChI=1S/C20H31NO12/c1-9-13(24)11(6-29-2)10(3-21-9)5-30-18-16(15(26)14(25)12(4-22)32-18)33-19-17(27)20(28,7-23)8-31-19/h3,12,14-19,22-28H,4-8H2,1-2H3/t12-,14-,15+,16-,17+,18-,19+,20-/m1/s1. The van der Waals surface area contributed by atoms with E-state index in [1.165, 1.54) is 13.3 Å². The lowest BCUT2D eigenvalue weighted by Crippen LogP contribution is -2.61. The summed E-state index contributed by atoms with van der Waals surface area (Å²) >= 11 is 0. The molecule has 0 unspecified atom stereocenters. The van der Waals surface area contributed by atoms with Crippen molar-refractivity contribution in [3.05, 3.63) is 23.0 Å². The van der Waals surface area contributed by atoms with E-state index in [2.05, 4.69) is 4.98 Å². The number of pyridine rings is 1. The average molecular weight is 477 g/mol. The van der Waals surface area contributed by atoms with Crippen molar-refractivity contribution in [1.82, 2.24) is 4.98 Å². The van der Waals surface area contributed by atoms with Gasteiger partial charge in [-0.15, -0.1) is 0 Å². The van der Waals surface area contributed by atoms with E-state index in [1.807, 2.05) is 0 Å². The van der Waals surface area contributed by atoms with Gasteiger partial charge in [-0.1, -0.05) is 0 Å². The number of aromatic hydroxyl groups is 1. The van der Waals surface area contributed by atoms with Gasteiger partial charge < -0.3 is 59.4 Å². The summed E-state index contributed by atoms with van der Waals surface area (Å²) in [6.45, 7) is -0.335. The van der Waals surface area contributed by atoms with Crippen LogP contribution in [0.4, 0.5) is 0 Å². The predicted octanol–water partition coefficient (Wildman–Crippen LogP) is -2.98. The van der Waals surface area contributed by atoms with Crippen molar-refractivity contribution >= 4 is 0 Å². The highest BCUT2D eigenvalue weighted by Gasteiger charge is 2.53. The lowest BCUT2D eigenvalue weighted by Gasteiger charge is -2.42. The summed E-state index contributed by atoms with van der Waals surface area (Å²) in [6, 6.07) is 0. The second-order valence-corrected chi connectivity index (χ2v) is 8.13. The summed E-state index contributed by atoms with van der Waals surface area (Å²) in [5, 5.41) is 70.4. The molecule has 13 nitrogen and oxygen atoms in total. The van der Waals surface area contributed by atoms with Crippen molar-refractivity contribution in [3.8, 4) is 5.75 Å². The molecule has 7 N–H and O–H groups in total. The maximum absolute atomic E-state index is 10.6. The predicted molar refractivity (Wildman–Crippen MR) is 107 cm³/mol. The Kier molecular flexibility index (Phi) is 8.58. The van der Waals surface area contributed by atoms with E-state index < -0.39 is 68.5 Å². The summed E-state index contributed by atoms with van der Waals surface area (Å²) in [5.41, 5.74) is -0.688. The molecule has 33 heavy (non-hydrogen) atoms. The van der Waals surface area contributed by atoms with Gasteiger partial charge in [-0.25, -0.2) is 0 Å². The van der Waals surface area contributed by atoms with Crippen LogP contribution in [0, 0.1) is 6.92 Å². The first-order chi connectivity index (χ1) is 15.7. The zero-order chi connectivity index (χ0) is 24.3. The van der Waals surface area contributed by atoms with Gasteiger partial charge in [0.2, 0.25) is 0 Å². The third-order valence-electron chi connectivity index (χ3n) is 5.82. The number of hydrogen-bond donors (Lipinski definition) is 7. The van der Waals surface area contributed by atoms with Gasteiger partial charge in [0.1, 0.15) is 41.9 Å². The lowest BCUT2D eigenvalue weighted by molar-refractivity contribution is -0.338. The molecule has 0 amide bonds. The summed E-state index contributed by atoms with van der Waals surface area (Å²) in [6.07, 6.45) is -8.80. The first kappa shape index (κ1) is 26.1. The minimum atomic E-state index is -1.96. The lowest BCUT2D eigenvalue weighted by atomic mass is 9.98. The molecule has 0 spiro atoms. The molecule has 1 aromatic heterocycles. The van der Waals surface area contributed by atoms with Crippen LogP contribution in [0.15, 0.2) is 6.20 Å². The molecule has 2 saturated heterocycles. The van der Waals surface area contributed by atoms with Crippen molar-refractivity contribution in [2.45, 2.75) is 68.8 Å². The van der Waals surface area contributed by atoms with E-state index >= 15 is 0 Å². The van der Waals surface area contributed by atoms with Crippen LogP contribution in [0.1, 0.15) is 16.8 Å². The second-order valence-electron chi connectivity index (χ2n) is 8.13. The molecule has 0 aliphatic carbocycles. The first-order valence-corrected chi connectivity index (χ1v) is 10.3. The third-order valence-corrected chi connectivity index (χ3v) is 5.82. The highest BCUT2D eigenvalue weighted by molar-refractivity contribution is 5.40. The number of rotatable bonds is 9. The molecule has 2 aliphatic rings. The van der Waals surface area contributed by atoms with Gasteiger partial charge in [-0.3, -0.25) is 4.98 Å². The Morgan fingerprint density at radius 3 is 2.48 bits per heavy atom. The quantitative estimate of drug-likeness (QED) is 0.190. The molecule has 0 bridgehead atoms. The number of aliphatic hydroxyl groups is 6. The van der Waals surface area contributed by atoms with Gasteiger partial charge in [-0.05, 0) is 6.92 Å². The van der Waals surface area contributed by atoms with Crippen molar-refractivity contribution in [2.75, 3.05) is 26.9 Å². The molecule has 2 fully saturated rings. The van der Waals surface area contributed by atoms with Gasteiger partial charge in [0.05, 0.1) is 38.7 Å². The van der Waals surface area contributed by atoms with Crippen molar-refractivity contribution < 1.29 is 59.4 Å². The second kappa shape index (κ2) is 10.8. The summed E-state index contributed by atoms with van der Waals surface area (Å²) in [4.78, 5) is 4.09. The molecule has 8 atom stereocenters. The van der Waals surface area contributed by atoms with E-state index in [9.17, 15) is 35.7 Å². The number of aromatic nitrogens is 1.